The summed E-state index contributed by atoms with van der Waals surface area (Å²) in [6.07, 6.45) is 3.53. The van der Waals surface area contributed by atoms with Gasteiger partial charge in [-0.3, -0.25) is 0 Å². The highest BCUT2D eigenvalue weighted by Gasteiger charge is 2.19. The second kappa shape index (κ2) is 4.34. The van der Waals surface area contributed by atoms with Gasteiger partial charge in [0.05, 0.1) is 31.9 Å². The molecule has 1 aromatic heterocycles. The molecule has 2 rings (SSSR count). The van der Waals surface area contributed by atoms with Gasteiger partial charge >= 0.3 is 0 Å². The highest BCUT2D eigenvalue weighted by atomic mass is 35.5. The third-order valence-corrected chi connectivity index (χ3v) is 2.97. The number of H-pyrrole nitrogens is 1. The molecule has 1 aliphatic rings. The van der Waals surface area contributed by atoms with Crippen molar-refractivity contribution in [1.29, 1.82) is 0 Å². The lowest BCUT2D eigenvalue weighted by molar-refractivity contribution is -0.655. The molecule has 0 aliphatic carbocycles. The molecule has 1 saturated heterocycles. The summed E-state index contributed by atoms with van der Waals surface area (Å²) in [5.41, 5.74) is 0.959. The van der Waals surface area contributed by atoms with Crippen LogP contribution < -0.4 is 15.2 Å². The van der Waals surface area contributed by atoms with Crippen molar-refractivity contribution in [3.63, 3.8) is 0 Å². The van der Waals surface area contributed by atoms with Crippen molar-refractivity contribution in [1.82, 2.24) is 0 Å². The molecule has 0 atom stereocenters. The summed E-state index contributed by atoms with van der Waals surface area (Å²) in [6.45, 7) is 4.21. The molecule has 14 heavy (non-hydrogen) atoms. The van der Waals surface area contributed by atoms with E-state index < -0.39 is 0 Å². The van der Waals surface area contributed by atoms with Crippen LogP contribution >= 0.6 is 23.2 Å². The maximum Gasteiger partial charge on any atom is 0.188 e. The van der Waals surface area contributed by atoms with Crippen LogP contribution in [0, 0.1) is 0 Å². The van der Waals surface area contributed by atoms with Crippen LogP contribution in [0.5, 0.6) is 0 Å². The molecule has 3 N–H and O–H groups in total. The lowest BCUT2D eigenvalue weighted by Gasteiger charge is -2.27. The van der Waals surface area contributed by atoms with Crippen LogP contribution in [0.1, 0.15) is 0 Å². The molecule has 5 heteroatoms. The number of aromatic amines is 1. The van der Waals surface area contributed by atoms with Crippen LogP contribution in [0.4, 0.5) is 5.69 Å². The minimum Gasteiger partial charge on any atom is -0.357 e. The van der Waals surface area contributed by atoms with E-state index in [0.29, 0.717) is 10.0 Å². The minimum atomic E-state index is 0.694. The van der Waals surface area contributed by atoms with Crippen molar-refractivity contribution in [2.24, 2.45) is 0 Å². The molecule has 2 heterocycles. The Balaban J connectivity index is 2.29. The first-order chi connectivity index (χ1) is 6.79. The zero-order valence-corrected chi connectivity index (χ0v) is 9.28. The third kappa shape index (κ3) is 1.95. The molecule has 0 amide bonds. The average Bonchev–Trinajstić information content (AvgIpc) is 2.19. The Morgan fingerprint density at radius 1 is 1.14 bits per heavy atom. The second-order valence-electron chi connectivity index (χ2n) is 3.35. The first-order valence-electron chi connectivity index (χ1n) is 4.71. The number of anilines is 1. The monoisotopic (exact) mass is 233 g/mol. The van der Waals surface area contributed by atoms with Gasteiger partial charge in [-0.2, -0.15) is 0 Å². The van der Waals surface area contributed by atoms with Gasteiger partial charge in [-0.05, 0) is 0 Å². The van der Waals surface area contributed by atoms with E-state index in [1.165, 1.54) is 0 Å². The van der Waals surface area contributed by atoms with Crippen LogP contribution in [-0.2, 0) is 0 Å². The summed E-state index contributed by atoms with van der Waals surface area (Å²) in [5, 5.41) is 3.69. The Labute approximate surface area is 93.0 Å². The Bertz CT molecular complexity index is 304. The van der Waals surface area contributed by atoms with Gasteiger partial charge in [-0.1, -0.05) is 23.2 Å². The minimum absolute atomic E-state index is 0.694. The summed E-state index contributed by atoms with van der Waals surface area (Å²) in [4.78, 5) is 5.14. The first kappa shape index (κ1) is 10.0. The highest BCUT2D eigenvalue weighted by molar-refractivity contribution is 6.38. The van der Waals surface area contributed by atoms with Crippen molar-refractivity contribution < 1.29 is 10.3 Å². The van der Waals surface area contributed by atoms with Gasteiger partial charge < -0.3 is 10.2 Å². The Hall–Kier alpha value is -0.510. The fourth-order valence-electron chi connectivity index (χ4n) is 1.71. The number of hydrogen-bond donors (Lipinski definition) is 1. The van der Waals surface area contributed by atoms with Gasteiger partial charge in [-0.25, -0.2) is 4.98 Å². The number of pyridine rings is 1. The standard InChI is InChI=1S/C9H11Cl2N3/c10-7-5-13-6-8(11)9(7)14-3-1-12-2-4-14/h5-6,12H,1-4H2/p+2. The lowest BCUT2D eigenvalue weighted by Crippen LogP contribution is -2.89. The first-order valence-corrected chi connectivity index (χ1v) is 5.46. The van der Waals surface area contributed by atoms with Crippen LogP contribution in [0.15, 0.2) is 12.4 Å². The van der Waals surface area contributed by atoms with E-state index in [1.54, 1.807) is 12.4 Å². The number of piperazine rings is 1. The van der Waals surface area contributed by atoms with Gasteiger partial charge in [0, 0.05) is 0 Å². The highest BCUT2D eigenvalue weighted by Crippen LogP contribution is 2.31. The Morgan fingerprint density at radius 2 is 1.71 bits per heavy atom. The zero-order chi connectivity index (χ0) is 9.97. The molecule has 1 aliphatic heterocycles. The molecule has 0 aromatic carbocycles. The lowest BCUT2D eigenvalue weighted by atomic mass is 10.3. The Kier molecular flexibility index (Phi) is 3.11. The molecule has 0 spiro atoms. The summed E-state index contributed by atoms with van der Waals surface area (Å²) >= 11 is 12.2. The van der Waals surface area contributed by atoms with Crippen molar-refractivity contribution in [2.45, 2.75) is 0 Å². The Morgan fingerprint density at radius 3 is 2.29 bits per heavy atom. The summed E-state index contributed by atoms with van der Waals surface area (Å²) in [6, 6.07) is 0. The van der Waals surface area contributed by atoms with E-state index in [2.05, 4.69) is 15.2 Å². The number of nitrogens with one attached hydrogen (secondary N) is 1. The van der Waals surface area contributed by atoms with Crippen LogP contribution in [-0.4, -0.2) is 26.2 Å². The number of aromatic nitrogens is 1. The SMILES string of the molecule is Clc1c[nH+]cc(Cl)c1N1CC[NH2+]CC1. The second-order valence-corrected chi connectivity index (χ2v) is 4.17. The van der Waals surface area contributed by atoms with E-state index in [-0.39, 0.29) is 0 Å². The quantitative estimate of drug-likeness (QED) is 0.739. The predicted octanol–water partition coefficient (Wildman–Crippen LogP) is 0.191. The topological polar surface area (TPSA) is 34.0 Å². The fraction of sp³-hybridized carbons (Fsp3) is 0.444. The largest absolute Gasteiger partial charge is 0.357 e. The number of rotatable bonds is 1. The summed E-state index contributed by atoms with van der Waals surface area (Å²) < 4.78 is 0. The van der Waals surface area contributed by atoms with Gasteiger partial charge in [-0.15, -0.1) is 0 Å². The molecule has 0 saturated carbocycles. The van der Waals surface area contributed by atoms with Gasteiger partial charge in [0.15, 0.2) is 12.4 Å². The molecule has 0 radical (unpaired) electrons. The number of nitrogens with two attached hydrogens (primary N) is 1. The molecule has 0 bridgehead atoms. The van der Waals surface area contributed by atoms with Crippen molar-refractivity contribution in [2.75, 3.05) is 31.1 Å². The van der Waals surface area contributed by atoms with E-state index in [9.17, 15) is 0 Å². The number of hydrogen-bond acceptors (Lipinski definition) is 1. The molecular weight excluding hydrogens is 221 g/mol. The van der Waals surface area contributed by atoms with Crippen LogP contribution in [0.3, 0.4) is 0 Å². The summed E-state index contributed by atoms with van der Waals surface area (Å²) in [5.74, 6) is 0. The molecule has 1 fully saturated rings. The average molecular weight is 234 g/mol. The van der Waals surface area contributed by atoms with Crippen molar-refractivity contribution >= 4 is 28.9 Å². The van der Waals surface area contributed by atoms with Crippen molar-refractivity contribution in [3.05, 3.63) is 22.4 Å². The van der Waals surface area contributed by atoms with E-state index in [4.69, 9.17) is 23.2 Å². The molecular formula is C9H13Cl2N3+2. The van der Waals surface area contributed by atoms with E-state index in [0.717, 1.165) is 31.9 Å². The molecule has 1 aromatic rings. The molecule has 76 valence electrons. The molecule has 3 nitrogen and oxygen atoms in total. The van der Waals surface area contributed by atoms with Crippen molar-refractivity contribution in [3.8, 4) is 0 Å². The normalized spacial score (nSPS) is 17.1. The predicted molar refractivity (Wildman–Crippen MR) is 56.9 cm³/mol. The van der Waals surface area contributed by atoms with E-state index in [1.807, 2.05) is 0 Å². The van der Waals surface area contributed by atoms with Crippen LogP contribution in [0.2, 0.25) is 10.0 Å². The number of halogens is 2. The zero-order valence-electron chi connectivity index (χ0n) is 7.76. The maximum atomic E-state index is 6.10. The van der Waals surface area contributed by atoms with Gasteiger partial charge in [0.1, 0.15) is 10.0 Å². The number of nitrogens with zero attached hydrogens (tertiary/aromatic N) is 1. The van der Waals surface area contributed by atoms with Crippen LogP contribution in [0.25, 0.3) is 0 Å². The fourth-order valence-corrected chi connectivity index (χ4v) is 2.33. The van der Waals surface area contributed by atoms with Gasteiger partial charge in [0.25, 0.3) is 0 Å². The number of quaternary nitrogens is 1. The smallest absolute Gasteiger partial charge is 0.188 e. The molecule has 0 unspecified atom stereocenters. The maximum absolute atomic E-state index is 6.10. The summed E-state index contributed by atoms with van der Waals surface area (Å²) in [7, 11) is 0. The third-order valence-electron chi connectivity index (χ3n) is 2.40. The van der Waals surface area contributed by atoms with E-state index >= 15 is 0 Å². The van der Waals surface area contributed by atoms with Gasteiger partial charge in [0.2, 0.25) is 0 Å².